The molecule has 1 fully saturated rings. The number of halogens is 1. The molecule has 194 valence electrons. The van der Waals surface area contributed by atoms with Crippen LogP contribution in [0.25, 0.3) is 0 Å². The van der Waals surface area contributed by atoms with Crippen molar-refractivity contribution in [3.8, 4) is 0 Å². The first-order valence-corrected chi connectivity index (χ1v) is 14.4. The fourth-order valence-electron chi connectivity index (χ4n) is 4.77. The maximum Gasteiger partial charge on any atom is 0.243 e. The molecular weight excluding hydrogens is 500 g/mol. The Labute approximate surface area is 229 Å². The van der Waals surface area contributed by atoms with E-state index < -0.39 is 6.04 Å². The SMILES string of the molecule is Cc1ccc(SCCC(=O)N(Cc2ccccc2Cl)[C@H](Cc2ccccc2)C(=O)NC2CCCC2)cc1. The summed E-state index contributed by atoms with van der Waals surface area (Å²) in [5.41, 5.74) is 3.08. The minimum absolute atomic E-state index is 0.0398. The van der Waals surface area contributed by atoms with E-state index >= 15 is 0 Å². The Morgan fingerprint density at radius 1 is 0.973 bits per heavy atom. The normalized spacial score (nSPS) is 14.3. The Hall–Kier alpha value is -2.76. The zero-order valence-corrected chi connectivity index (χ0v) is 22.9. The molecule has 0 bridgehead atoms. The predicted octanol–water partition coefficient (Wildman–Crippen LogP) is 6.83. The number of hydrogen-bond acceptors (Lipinski definition) is 3. The molecule has 4 rings (SSSR count). The van der Waals surface area contributed by atoms with Crippen LogP contribution in [0.5, 0.6) is 0 Å². The first kappa shape index (κ1) is 27.3. The average Bonchev–Trinajstić information content (AvgIpc) is 3.42. The summed E-state index contributed by atoms with van der Waals surface area (Å²) in [4.78, 5) is 30.4. The van der Waals surface area contributed by atoms with Gasteiger partial charge in [0.05, 0.1) is 0 Å². The van der Waals surface area contributed by atoms with E-state index in [1.54, 1.807) is 16.7 Å². The summed E-state index contributed by atoms with van der Waals surface area (Å²) in [5, 5.41) is 3.85. The number of hydrogen-bond donors (Lipinski definition) is 1. The molecule has 0 spiro atoms. The Morgan fingerprint density at radius 3 is 2.35 bits per heavy atom. The van der Waals surface area contributed by atoms with Crippen molar-refractivity contribution < 1.29 is 9.59 Å². The van der Waals surface area contributed by atoms with Crippen LogP contribution in [0.2, 0.25) is 5.02 Å². The molecule has 37 heavy (non-hydrogen) atoms. The van der Waals surface area contributed by atoms with E-state index in [-0.39, 0.29) is 17.9 Å². The van der Waals surface area contributed by atoms with Crippen molar-refractivity contribution in [2.24, 2.45) is 0 Å². The molecule has 1 N–H and O–H groups in total. The molecule has 4 nitrogen and oxygen atoms in total. The second-order valence-electron chi connectivity index (χ2n) is 9.72. The van der Waals surface area contributed by atoms with Gasteiger partial charge in [0.2, 0.25) is 11.8 Å². The van der Waals surface area contributed by atoms with Crippen LogP contribution < -0.4 is 5.32 Å². The van der Waals surface area contributed by atoms with Crippen LogP contribution >= 0.6 is 23.4 Å². The van der Waals surface area contributed by atoms with Gasteiger partial charge in [-0.2, -0.15) is 0 Å². The highest BCUT2D eigenvalue weighted by Gasteiger charge is 2.32. The van der Waals surface area contributed by atoms with Gasteiger partial charge in [0.15, 0.2) is 0 Å². The second-order valence-corrected chi connectivity index (χ2v) is 11.3. The molecular formula is C31H35ClN2O2S. The van der Waals surface area contributed by atoms with E-state index in [1.807, 2.05) is 54.6 Å². The predicted molar refractivity (Wildman–Crippen MR) is 153 cm³/mol. The largest absolute Gasteiger partial charge is 0.352 e. The summed E-state index contributed by atoms with van der Waals surface area (Å²) < 4.78 is 0. The lowest BCUT2D eigenvalue weighted by atomic mass is 10.0. The minimum atomic E-state index is -0.615. The first-order valence-electron chi connectivity index (χ1n) is 13.1. The lowest BCUT2D eigenvalue weighted by molar-refractivity contribution is -0.141. The zero-order valence-electron chi connectivity index (χ0n) is 21.4. The quantitative estimate of drug-likeness (QED) is 0.274. The molecule has 0 saturated heterocycles. The van der Waals surface area contributed by atoms with Gasteiger partial charge in [-0.25, -0.2) is 0 Å². The number of aryl methyl sites for hydroxylation is 1. The van der Waals surface area contributed by atoms with Crippen LogP contribution in [0.3, 0.4) is 0 Å². The molecule has 0 unspecified atom stereocenters. The molecule has 1 aliphatic rings. The number of nitrogens with one attached hydrogen (secondary N) is 1. The van der Waals surface area contributed by atoms with E-state index in [1.165, 1.54) is 5.56 Å². The van der Waals surface area contributed by atoms with Gasteiger partial charge in [0.25, 0.3) is 0 Å². The molecule has 1 saturated carbocycles. The van der Waals surface area contributed by atoms with Gasteiger partial charge in [-0.15, -0.1) is 11.8 Å². The maximum atomic E-state index is 13.8. The van der Waals surface area contributed by atoms with Crippen LogP contribution in [-0.4, -0.2) is 34.6 Å². The van der Waals surface area contributed by atoms with Crippen molar-refractivity contribution >= 4 is 35.2 Å². The summed E-state index contributed by atoms with van der Waals surface area (Å²) in [7, 11) is 0. The highest BCUT2D eigenvalue weighted by Crippen LogP contribution is 2.24. The van der Waals surface area contributed by atoms with Crippen LogP contribution in [0.15, 0.2) is 83.8 Å². The molecule has 6 heteroatoms. The first-order chi connectivity index (χ1) is 18.0. The fraction of sp³-hybridized carbons (Fsp3) is 0.355. The maximum absolute atomic E-state index is 13.8. The molecule has 0 aromatic heterocycles. The number of carbonyl (C=O) groups is 2. The van der Waals surface area contributed by atoms with E-state index in [2.05, 4.69) is 36.5 Å². The smallest absolute Gasteiger partial charge is 0.243 e. The molecule has 0 radical (unpaired) electrons. The Balaban J connectivity index is 1.56. The van der Waals surface area contributed by atoms with Crippen LogP contribution in [0, 0.1) is 6.92 Å². The Kier molecular flexibility index (Phi) is 10.1. The molecule has 0 heterocycles. The van der Waals surface area contributed by atoms with E-state index in [4.69, 9.17) is 11.6 Å². The van der Waals surface area contributed by atoms with Gasteiger partial charge < -0.3 is 10.2 Å². The average molecular weight is 535 g/mol. The lowest BCUT2D eigenvalue weighted by Crippen LogP contribution is -2.52. The van der Waals surface area contributed by atoms with Crippen molar-refractivity contribution in [1.82, 2.24) is 10.2 Å². The van der Waals surface area contributed by atoms with Gasteiger partial charge in [0, 0.05) is 41.1 Å². The van der Waals surface area contributed by atoms with Gasteiger partial charge in [0.1, 0.15) is 6.04 Å². The Bertz CT molecular complexity index is 1160. The number of rotatable bonds is 11. The highest BCUT2D eigenvalue weighted by atomic mass is 35.5. The van der Waals surface area contributed by atoms with Crippen molar-refractivity contribution in [1.29, 1.82) is 0 Å². The fourth-order valence-corrected chi connectivity index (χ4v) is 5.80. The van der Waals surface area contributed by atoms with E-state index in [0.29, 0.717) is 30.2 Å². The molecule has 2 amide bonds. The zero-order chi connectivity index (χ0) is 26.0. The number of carbonyl (C=O) groups excluding carboxylic acids is 2. The molecule has 0 aliphatic heterocycles. The highest BCUT2D eigenvalue weighted by molar-refractivity contribution is 7.99. The van der Waals surface area contributed by atoms with Crippen molar-refractivity contribution in [3.05, 3.63) is 101 Å². The topological polar surface area (TPSA) is 49.4 Å². The third-order valence-corrected chi connectivity index (χ3v) is 8.26. The molecule has 1 atom stereocenters. The summed E-state index contributed by atoms with van der Waals surface area (Å²) in [6.45, 7) is 2.36. The third kappa shape index (κ3) is 8.11. The Morgan fingerprint density at radius 2 is 1.65 bits per heavy atom. The summed E-state index contributed by atoms with van der Waals surface area (Å²) in [5.74, 6) is 0.521. The summed E-state index contributed by atoms with van der Waals surface area (Å²) in [6, 6.07) is 25.4. The monoisotopic (exact) mass is 534 g/mol. The summed E-state index contributed by atoms with van der Waals surface area (Å²) in [6.07, 6.45) is 5.05. The van der Waals surface area contributed by atoms with Gasteiger partial charge in [-0.05, 0) is 49.1 Å². The van der Waals surface area contributed by atoms with Crippen molar-refractivity contribution in [2.75, 3.05) is 5.75 Å². The third-order valence-electron chi connectivity index (χ3n) is 6.88. The van der Waals surface area contributed by atoms with E-state index in [9.17, 15) is 9.59 Å². The van der Waals surface area contributed by atoms with Crippen LogP contribution in [0.1, 0.15) is 48.8 Å². The van der Waals surface area contributed by atoms with Crippen molar-refractivity contribution in [2.45, 2.75) is 69.0 Å². The van der Waals surface area contributed by atoms with Crippen LogP contribution in [-0.2, 0) is 22.6 Å². The standard InChI is InChI=1S/C31H35ClN2O2S/c1-23-15-17-27(18-16-23)37-20-19-30(35)34(22-25-11-5-8-14-28(25)32)29(21-24-9-3-2-4-10-24)31(36)33-26-12-6-7-13-26/h2-5,8-11,14-18,26,29H,6-7,12-13,19-22H2,1H3,(H,33,36)/t29-/m1/s1. The number of nitrogens with zero attached hydrogens (tertiary/aromatic N) is 1. The number of amides is 2. The number of thioether (sulfide) groups is 1. The summed E-state index contributed by atoms with van der Waals surface area (Å²) >= 11 is 8.17. The van der Waals surface area contributed by atoms with Crippen LogP contribution in [0.4, 0.5) is 0 Å². The molecule has 3 aromatic rings. The minimum Gasteiger partial charge on any atom is -0.352 e. The molecule has 1 aliphatic carbocycles. The lowest BCUT2D eigenvalue weighted by Gasteiger charge is -2.32. The van der Waals surface area contributed by atoms with Crippen molar-refractivity contribution in [3.63, 3.8) is 0 Å². The second kappa shape index (κ2) is 13.7. The van der Waals surface area contributed by atoms with Gasteiger partial charge >= 0.3 is 0 Å². The van der Waals surface area contributed by atoms with Gasteiger partial charge in [-0.1, -0.05) is 90.7 Å². The molecule has 3 aromatic carbocycles. The number of benzene rings is 3. The van der Waals surface area contributed by atoms with Gasteiger partial charge in [-0.3, -0.25) is 9.59 Å². The van der Waals surface area contributed by atoms with E-state index in [0.717, 1.165) is 41.7 Å².